The number of hydroxylamine groups is 2. The number of rotatable bonds is 47. The van der Waals surface area contributed by atoms with Crippen molar-refractivity contribution in [3.05, 3.63) is 29.3 Å². The number of hydrogen-bond donors (Lipinski definition) is 2. The highest BCUT2D eigenvalue weighted by molar-refractivity contribution is 5.97. The molecule has 91 heavy (non-hydrogen) atoms. The van der Waals surface area contributed by atoms with Gasteiger partial charge < -0.3 is 105 Å². The standard InChI is InChI=1S/C59H93N3O29/c1-12-15-61-55(68)83-41-45-13-14-47(88-54-51(87-44(4)65)49(86-43(3)64)48(85-42(2)63)50(89-54)53(67)71-11)46(40-45)52(66)60-16-17-72-18-19-73-20-21-74-22-23-75-24-25-76-26-27-77-28-29-78-30-31-79-32-33-80-34-35-81-36-37-82-38-39-84-62(56(69)90-58(5,6)7)57(70)91-59(8,9)10/h1,13-14,40,48-51,54H,15-39,41H2,2-11H3,(H,60,66)(H,61,68)/t48-,49-,50-,51+,54+/m0/s1. The van der Waals surface area contributed by atoms with Crippen LogP contribution in [0.15, 0.2) is 18.2 Å². The predicted molar refractivity (Wildman–Crippen MR) is 313 cm³/mol. The minimum absolute atomic E-state index is 0.00786. The largest absolute Gasteiger partial charge is 0.467 e. The Hall–Kier alpha value is -6.58. The summed E-state index contributed by atoms with van der Waals surface area (Å²) in [5.41, 5.74) is -1.50. The van der Waals surface area contributed by atoms with Crippen LogP contribution in [-0.2, 0) is 121 Å². The lowest BCUT2D eigenvalue weighted by atomic mass is 9.97. The van der Waals surface area contributed by atoms with Crippen LogP contribution in [0.1, 0.15) is 78.2 Å². The van der Waals surface area contributed by atoms with Gasteiger partial charge in [0, 0.05) is 27.3 Å². The van der Waals surface area contributed by atoms with Gasteiger partial charge in [-0.2, -0.15) is 0 Å². The first-order valence-electron chi connectivity index (χ1n) is 29.4. The molecule has 518 valence electrons. The van der Waals surface area contributed by atoms with E-state index in [1.54, 1.807) is 41.5 Å². The third-order valence-electron chi connectivity index (χ3n) is 10.9. The Bertz CT molecular complexity index is 2300. The minimum Gasteiger partial charge on any atom is -0.467 e. The molecule has 0 bridgehead atoms. The summed E-state index contributed by atoms with van der Waals surface area (Å²) in [6.07, 6.45) is -6.12. The zero-order valence-electron chi connectivity index (χ0n) is 53.9. The Kier molecular flexibility index (Phi) is 41.9. The number of terminal acetylenes is 1. The number of ether oxygens (including phenoxy) is 20. The molecular formula is C59H93N3O29. The van der Waals surface area contributed by atoms with Crippen molar-refractivity contribution >= 4 is 48.1 Å². The van der Waals surface area contributed by atoms with E-state index in [-0.39, 0.29) is 70.7 Å². The van der Waals surface area contributed by atoms with Gasteiger partial charge in [-0.05, 0) is 59.2 Å². The molecule has 32 heteroatoms. The van der Waals surface area contributed by atoms with E-state index in [1.807, 2.05) is 0 Å². The number of nitrogens with zero attached hydrogens (tertiary/aromatic N) is 1. The molecule has 0 aromatic heterocycles. The van der Waals surface area contributed by atoms with Crippen LogP contribution >= 0.6 is 0 Å². The van der Waals surface area contributed by atoms with Gasteiger partial charge in [-0.25, -0.2) is 19.2 Å². The van der Waals surface area contributed by atoms with Crippen LogP contribution in [0.3, 0.4) is 0 Å². The summed E-state index contributed by atoms with van der Waals surface area (Å²) in [5.74, 6) is -2.40. The van der Waals surface area contributed by atoms with Gasteiger partial charge in [0.1, 0.15) is 23.6 Å². The Morgan fingerprint density at radius 3 is 1.30 bits per heavy atom. The monoisotopic (exact) mass is 1310 g/mol. The highest BCUT2D eigenvalue weighted by atomic mass is 16.8. The van der Waals surface area contributed by atoms with E-state index in [2.05, 4.69) is 16.6 Å². The molecule has 0 unspecified atom stereocenters. The summed E-state index contributed by atoms with van der Waals surface area (Å²) >= 11 is 0. The molecule has 32 nitrogen and oxygen atoms in total. The lowest BCUT2D eigenvalue weighted by Crippen LogP contribution is -2.64. The summed E-state index contributed by atoms with van der Waals surface area (Å²) in [7, 11) is 1.03. The van der Waals surface area contributed by atoms with Crippen molar-refractivity contribution in [1.82, 2.24) is 15.7 Å². The highest BCUT2D eigenvalue weighted by Crippen LogP contribution is 2.33. The Labute approximate surface area is 530 Å². The molecular weight excluding hydrogens is 1210 g/mol. The van der Waals surface area contributed by atoms with Crippen molar-refractivity contribution < 1.29 is 138 Å². The molecule has 0 spiro atoms. The summed E-state index contributed by atoms with van der Waals surface area (Å²) in [6.45, 7) is 19.8. The second-order valence-corrected chi connectivity index (χ2v) is 20.8. The third kappa shape index (κ3) is 38.8. The molecule has 0 radical (unpaired) electrons. The van der Waals surface area contributed by atoms with Crippen LogP contribution in [0.5, 0.6) is 5.75 Å². The van der Waals surface area contributed by atoms with Gasteiger partial charge >= 0.3 is 42.2 Å². The molecule has 1 heterocycles. The first kappa shape index (κ1) is 80.5. The number of nitrogens with one attached hydrogen (secondary N) is 2. The summed E-state index contributed by atoms with van der Waals surface area (Å²) < 4.78 is 109. The molecule has 2 rings (SSSR count). The van der Waals surface area contributed by atoms with Gasteiger partial charge in [0.25, 0.3) is 5.91 Å². The van der Waals surface area contributed by atoms with Crippen molar-refractivity contribution in [2.75, 3.05) is 172 Å². The number of esters is 4. The van der Waals surface area contributed by atoms with Crippen LogP contribution < -0.4 is 15.4 Å². The molecule has 1 aromatic carbocycles. The van der Waals surface area contributed by atoms with Crippen molar-refractivity contribution in [3.63, 3.8) is 0 Å². The van der Waals surface area contributed by atoms with E-state index in [0.717, 1.165) is 27.9 Å². The lowest BCUT2D eigenvalue weighted by Gasteiger charge is -2.43. The molecule has 1 aliphatic heterocycles. The predicted octanol–water partition coefficient (Wildman–Crippen LogP) is 2.63. The number of alkyl carbamates (subject to hydrolysis) is 1. The second kappa shape index (κ2) is 47.3. The fourth-order valence-electron chi connectivity index (χ4n) is 7.18. The molecule has 1 aromatic rings. The zero-order chi connectivity index (χ0) is 67.3. The Morgan fingerprint density at radius 1 is 0.527 bits per heavy atom. The number of carbonyl (C=O) groups is 8. The fraction of sp³-hybridized carbons (Fsp3) is 0.729. The number of amides is 4. The van der Waals surface area contributed by atoms with E-state index in [0.29, 0.717) is 123 Å². The average molecular weight is 1310 g/mol. The Balaban J connectivity index is 1.53. The number of benzene rings is 1. The van der Waals surface area contributed by atoms with Crippen LogP contribution in [0.25, 0.3) is 0 Å². The van der Waals surface area contributed by atoms with Crippen LogP contribution in [0.2, 0.25) is 0 Å². The maximum atomic E-state index is 13.7. The summed E-state index contributed by atoms with van der Waals surface area (Å²) in [4.78, 5) is 106. The van der Waals surface area contributed by atoms with E-state index < -0.39 is 90.0 Å². The second-order valence-electron chi connectivity index (χ2n) is 20.8. The number of methoxy groups -OCH3 is 1. The van der Waals surface area contributed by atoms with Crippen LogP contribution in [0.4, 0.5) is 14.4 Å². The molecule has 0 aliphatic carbocycles. The van der Waals surface area contributed by atoms with Gasteiger partial charge in [-0.3, -0.25) is 24.0 Å². The number of hydrogen-bond acceptors (Lipinski definition) is 29. The third-order valence-corrected chi connectivity index (χ3v) is 10.9. The fourth-order valence-corrected chi connectivity index (χ4v) is 7.18. The zero-order valence-corrected chi connectivity index (χ0v) is 53.9. The minimum atomic E-state index is -1.77. The lowest BCUT2D eigenvalue weighted by molar-refractivity contribution is -0.282. The van der Waals surface area contributed by atoms with Crippen molar-refractivity contribution in [3.8, 4) is 18.1 Å². The first-order chi connectivity index (χ1) is 43.5. The van der Waals surface area contributed by atoms with Crippen molar-refractivity contribution in [1.29, 1.82) is 0 Å². The normalized spacial score (nSPS) is 16.3. The molecule has 1 fully saturated rings. The van der Waals surface area contributed by atoms with Gasteiger partial charge in [0.05, 0.1) is 171 Å². The van der Waals surface area contributed by atoms with Crippen molar-refractivity contribution in [2.24, 2.45) is 0 Å². The van der Waals surface area contributed by atoms with E-state index in [1.165, 1.54) is 18.2 Å². The van der Waals surface area contributed by atoms with Gasteiger partial charge in [0.2, 0.25) is 12.4 Å². The van der Waals surface area contributed by atoms with Gasteiger partial charge in [-0.15, -0.1) is 6.42 Å². The average Bonchev–Trinajstić information content (AvgIpc) is 0.906. The number of carbonyl (C=O) groups excluding carboxylic acids is 8. The maximum absolute atomic E-state index is 13.7. The maximum Gasteiger partial charge on any atom is 0.444 e. The molecule has 0 saturated carbocycles. The quantitative estimate of drug-likeness (QED) is 0.0311. The molecule has 5 atom stereocenters. The van der Waals surface area contributed by atoms with Crippen molar-refractivity contribution in [2.45, 2.75) is 111 Å². The molecule has 2 N–H and O–H groups in total. The smallest absolute Gasteiger partial charge is 0.444 e. The molecule has 1 saturated heterocycles. The van der Waals surface area contributed by atoms with Gasteiger partial charge in [-0.1, -0.05) is 17.1 Å². The van der Waals surface area contributed by atoms with E-state index >= 15 is 0 Å². The SMILES string of the molecule is C#CCNC(=O)OCc1ccc(O[C@@H]2O[C@H](C(=O)OC)[C@@H](OC(C)=O)[C@H](OC(C)=O)[C@H]2OC(C)=O)c(C(=O)NCCOCCOCCOCCOCCOCCOCCOCCOCCOCCOCCOCCON(C(=O)OC(C)(C)C)C(=O)OC(C)(C)C)c1. The topological polar surface area (TPSA) is 358 Å². The van der Waals surface area contributed by atoms with E-state index in [4.69, 9.17) is 106 Å². The van der Waals surface area contributed by atoms with Crippen LogP contribution in [0, 0.1) is 12.3 Å². The van der Waals surface area contributed by atoms with Crippen LogP contribution in [-0.4, -0.2) is 267 Å². The number of imide groups is 1. The first-order valence-corrected chi connectivity index (χ1v) is 29.4. The van der Waals surface area contributed by atoms with E-state index in [9.17, 15) is 38.4 Å². The highest BCUT2D eigenvalue weighted by Gasteiger charge is 2.56. The molecule has 4 amide bonds. The Morgan fingerprint density at radius 2 is 0.912 bits per heavy atom. The van der Waals surface area contributed by atoms with Gasteiger partial charge in [0.15, 0.2) is 18.3 Å². The summed E-state index contributed by atoms with van der Waals surface area (Å²) in [6, 6.07) is 4.12. The summed E-state index contributed by atoms with van der Waals surface area (Å²) in [5, 5.41) is 5.50. The molecule has 1 aliphatic rings.